The Morgan fingerprint density at radius 3 is 2.96 bits per heavy atom. The molecule has 6 heteroatoms. The lowest BCUT2D eigenvalue weighted by molar-refractivity contribution is -0.121. The summed E-state index contributed by atoms with van der Waals surface area (Å²) in [4.78, 5) is 23.2. The molecule has 1 aliphatic carbocycles. The number of imidazole rings is 1. The van der Waals surface area contributed by atoms with Gasteiger partial charge in [-0.25, -0.2) is 4.98 Å². The molecule has 0 atom stereocenters. The van der Waals surface area contributed by atoms with Gasteiger partial charge in [-0.2, -0.15) is 4.98 Å². The Hall–Kier alpha value is -2.50. The molecule has 0 radical (unpaired) electrons. The SMILES string of the molecule is Cc1cc(-c2noc(CC3CCC(=O)CC3)n2)cc2[nH]cnc12. The summed E-state index contributed by atoms with van der Waals surface area (Å²) in [5, 5.41) is 4.11. The highest BCUT2D eigenvalue weighted by Crippen LogP contribution is 2.27. The van der Waals surface area contributed by atoms with Crippen LogP contribution in [0, 0.1) is 12.8 Å². The molecule has 1 fully saturated rings. The first kappa shape index (κ1) is 14.1. The number of aromatic nitrogens is 4. The monoisotopic (exact) mass is 310 g/mol. The Morgan fingerprint density at radius 2 is 2.13 bits per heavy atom. The molecule has 6 nitrogen and oxygen atoms in total. The fourth-order valence-corrected chi connectivity index (χ4v) is 3.26. The van der Waals surface area contributed by atoms with Gasteiger partial charge in [0.1, 0.15) is 5.78 Å². The number of hydrogen-bond acceptors (Lipinski definition) is 5. The minimum atomic E-state index is 0.371. The first-order valence-electron chi connectivity index (χ1n) is 7.97. The first-order valence-corrected chi connectivity index (χ1v) is 7.97. The van der Waals surface area contributed by atoms with Gasteiger partial charge in [-0.1, -0.05) is 5.16 Å². The fraction of sp³-hybridized carbons (Fsp3) is 0.412. The van der Waals surface area contributed by atoms with Gasteiger partial charge in [-0.05, 0) is 43.4 Å². The van der Waals surface area contributed by atoms with Gasteiger partial charge in [0.05, 0.1) is 17.4 Å². The van der Waals surface area contributed by atoms with Crippen molar-refractivity contribution in [1.82, 2.24) is 20.1 Å². The van der Waals surface area contributed by atoms with Crippen LogP contribution in [0.1, 0.15) is 37.1 Å². The predicted molar refractivity (Wildman–Crippen MR) is 84.8 cm³/mol. The summed E-state index contributed by atoms with van der Waals surface area (Å²) in [6.45, 7) is 2.02. The van der Waals surface area contributed by atoms with Crippen LogP contribution in [-0.4, -0.2) is 25.9 Å². The minimum absolute atomic E-state index is 0.371. The highest BCUT2D eigenvalue weighted by Gasteiger charge is 2.21. The molecule has 0 aliphatic heterocycles. The van der Waals surface area contributed by atoms with Crippen molar-refractivity contribution >= 4 is 16.8 Å². The fourth-order valence-electron chi connectivity index (χ4n) is 3.26. The van der Waals surface area contributed by atoms with Gasteiger partial charge in [0.2, 0.25) is 11.7 Å². The molecule has 0 unspecified atom stereocenters. The van der Waals surface area contributed by atoms with Crippen LogP contribution in [0.4, 0.5) is 0 Å². The molecule has 23 heavy (non-hydrogen) atoms. The smallest absolute Gasteiger partial charge is 0.227 e. The second-order valence-electron chi connectivity index (χ2n) is 6.29. The van der Waals surface area contributed by atoms with Gasteiger partial charge < -0.3 is 9.51 Å². The molecule has 0 saturated heterocycles. The minimum Gasteiger partial charge on any atom is -0.345 e. The summed E-state index contributed by atoms with van der Waals surface area (Å²) in [6, 6.07) is 4.01. The summed E-state index contributed by atoms with van der Waals surface area (Å²) >= 11 is 0. The van der Waals surface area contributed by atoms with Gasteiger partial charge in [0, 0.05) is 24.8 Å². The predicted octanol–water partition coefficient (Wildman–Crippen LogP) is 3.22. The summed E-state index contributed by atoms with van der Waals surface area (Å²) in [7, 11) is 0. The van der Waals surface area contributed by atoms with Gasteiger partial charge in [0.25, 0.3) is 0 Å². The molecule has 3 aromatic rings. The third kappa shape index (κ3) is 2.76. The number of carbonyl (C=O) groups excluding carboxylic acids is 1. The lowest BCUT2D eigenvalue weighted by Crippen LogP contribution is -2.15. The van der Waals surface area contributed by atoms with Crippen LogP contribution < -0.4 is 0 Å². The van der Waals surface area contributed by atoms with Crippen LogP contribution in [0.15, 0.2) is 23.0 Å². The number of hydrogen-bond donors (Lipinski definition) is 1. The van der Waals surface area contributed by atoms with Crippen LogP contribution in [0.5, 0.6) is 0 Å². The van der Waals surface area contributed by atoms with E-state index in [1.54, 1.807) is 6.33 Å². The van der Waals surface area contributed by atoms with Crippen molar-refractivity contribution < 1.29 is 9.32 Å². The highest BCUT2D eigenvalue weighted by atomic mass is 16.5. The van der Waals surface area contributed by atoms with E-state index in [9.17, 15) is 4.79 Å². The van der Waals surface area contributed by atoms with Crippen molar-refractivity contribution in [2.75, 3.05) is 0 Å². The highest BCUT2D eigenvalue weighted by molar-refractivity contribution is 5.83. The molecular weight excluding hydrogens is 292 g/mol. The lowest BCUT2D eigenvalue weighted by atomic mass is 9.86. The Morgan fingerprint density at radius 1 is 1.30 bits per heavy atom. The van der Waals surface area contributed by atoms with Crippen molar-refractivity contribution in [3.05, 3.63) is 29.9 Å². The van der Waals surface area contributed by atoms with Gasteiger partial charge >= 0.3 is 0 Å². The van der Waals surface area contributed by atoms with Crippen molar-refractivity contribution in [2.24, 2.45) is 5.92 Å². The number of carbonyl (C=O) groups is 1. The van der Waals surface area contributed by atoms with Crippen LogP contribution in [0.2, 0.25) is 0 Å². The molecule has 2 heterocycles. The molecule has 1 aromatic carbocycles. The van der Waals surface area contributed by atoms with Crippen molar-refractivity contribution in [2.45, 2.75) is 39.0 Å². The topological polar surface area (TPSA) is 84.7 Å². The number of aromatic amines is 1. The van der Waals surface area contributed by atoms with Crippen LogP contribution >= 0.6 is 0 Å². The van der Waals surface area contributed by atoms with Crippen molar-refractivity contribution in [1.29, 1.82) is 0 Å². The van der Waals surface area contributed by atoms with E-state index < -0.39 is 0 Å². The average molecular weight is 310 g/mol. The molecule has 1 saturated carbocycles. The Bertz CT molecular complexity index is 854. The van der Waals surface area contributed by atoms with Crippen LogP contribution in [0.25, 0.3) is 22.4 Å². The number of Topliss-reactive ketones (excluding diaryl/α,β-unsaturated/α-hetero) is 1. The largest absolute Gasteiger partial charge is 0.345 e. The van der Waals surface area contributed by atoms with E-state index in [1.165, 1.54) is 0 Å². The quantitative estimate of drug-likeness (QED) is 0.803. The number of benzene rings is 1. The van der Waals surface area contributed by atoms with E-state index in [1.807, 2.05) is 19.1 Å². The molecule has 1 N–H and O–H groups in total. The summed E-state index contributed by atoms with van der Waals surface area (Å²) in [5.41, 5.74) is 3.94. The summed E-state index contributed by atoms with van der Waals surface area (Å²) in [6.07, 6.45) is 5.66. The Balaban J connectivity index is 1.55. The Kier molecular flexibility index (Phi) is 3.44. The number of fused-ring (bicyclic) bond motifs is 1. The van der Waals surface area contributed by atoms with Crippen molar-refractivity contribution in [3.8, 4) is 11.4 Å². The number of ketones is 1. The molecule has 118 valence electrons. The molecule has 0 spiro atoms. The number of aryl methyl sites for hydroxylation is 1. The van der Waals surface area contributed by atoms with E-state index in [4.69, 9.17) is 4.52 Å². The lowest BCUT2D eigenvalue weighted by Gasteiger charge is -2.18. The maximum atomic E-state index is 11.3. The van der Waals surface area contributed by atoms with E-state index in [2.05, 4.69) is 20.1 Å². The van der Waals surface area contributed by atoms with E-state index in [0.717, 1.165) is 41.4 Å². The third-order valence-electron chi connectivity index (χ3n) is 4.57. The summed E-state index contributed by atoms with van der Waals surface area (Å²) < 4.78 is 5.41. The zero-order valence-corrected chi connectivity index (χ0v) is 13.0. The van der Waals surface area contributed by atoms with Crippen molar-refractivity contribution in [3.63, 3.8) is 0 Å². The number of H-pyrrole nitrogens is 1. The zero-order valence-electron chi connectivity index (χ0n) is 13.0. The van der Waals surface area contributed by atoms with Crippen LogP contribution in [0.3, 0.4) is 0 Å². The molecule has 2 aromatic heterocycles. The normalized spacial score (nSPS) is 16.3. The molecule has 0 amide bonds. The Labute approximate surface area is 133 Å². The van der Waals surface area contributed by atoms with E-state index >= 15 is 0 Å². The van der Waals surface area contributed by atoms with E-state index in [-0.39, 0.29) is 0 Å². The number of nitrogens with zero attached hydrogens (tertiary/aromatic N) is 3. The molecule has 0 bridgehead atoms. The number of nitrogens with one attached hydrogen (secondary N) is 1. The van der Waals surface area contributed by atoms with Gasteiger partial charge in [0.15, 0.2) is 0 Å². The maximum absolute atomic E-state index is 11.3. The second-order valence-corrected chi connectivity index (χ2v) is 6.29. The maximum Gasteiger partial charge on any atom is 0.227 e. The number of rotatable bonds is 3. The van der Waals surface area contributed by atoms with Crippen LogP contribution in [-0.2, 0) is 11.2 Å². The molecule has 4 rings (SSSR count). The second kappa shape index (κ2) is 5.61. The first-order chi connectivity index (χ1) is 11.2. The summed E-state index contributed by atoms with van der Waals surface area (Å²) in [5.74, 6) is 2.10. The molecule has 1 aliphatic rings. The standard InChI is InChI=1S/C17H18N4O2/c1-10-6-12(8-14-16(10)19-9-18-14)17-20-15(23-21-17)7-11-2-4-13(22)5-3-11/h6,8-9,11H,2-5,7H2,1H3,(H,18,19). The third-order valence-corrected chi connectivity index (χ3v) is 4.57. The van der Waals surface area contributed by atoms with Gasteiger partial charge in [-0.15, -0.1) is 0 Å². The zero-order chi connectivity index (χ0) is 15.8. The van der Waals surface area contributed by atoms with Gasteiger partial charge in [-0.3, -0.25) is 4.79 Å². The average Bonchev–Trinajstić information content (AvgIpc) is 3.18. The van der Waals surface area contributed by atoms with E-state index in [0.29, 0.717) is 36.3 Å². The molecular formula is C17H18N4O2.